The molecule has 0 spiro atoms. The maximum Gasteiger partial charge on any atom is 0.330 e. The molecule has 0 atom stereocenters. The first-order chi connectivity index (χ1) is 16.0. The van der Waals surface area contributed by atoms with E-state index in [9.17, 15) is 14.4 Å². The highest BCUT2D eigenvalue weighted by atomic mass is 16.2. The Hall–Kier alpha value is -4.07. The third kappa shape index (κ3) is 4.59. The Balaban J connectivity index is 1.78. The van der Waals surface area contributed by atoms with Crippen LogP contribution in [-0.2, 0) is 24.3 Å². The number of H-pyrrole nitrogens is 2. The standard InChI is InChI=1S/C25H27N5O3/c1-2-3-13-29-23(26)22(24(32)28-25(29)33)30(16-17-9-5-4-6-10-17)21(31)14-18-15-27-20-12-8-7-11-19(18)20/h4-12,15,27H,2-3,13-14,16,26H2,1H3,(H,28,32,33). The van der Waals surface area contributed by atoms with Crippen molar-refractivity contribution >= 4 is 28.3 Å². The van der Waals surface area contributed by atoms with E-state index < -0.39 is 11.2 Å². The lowest BCUT2D eigenvalue weighted by atomic mass is 10.1. The van der Waals surface area contributed by atoms with Gasteiger partial charge in [0.05, 0.1) is 13.0 Å². The van der Waals surface area contributed by atoms with Crippen LogP contribution in [0.4, 0.5) is 11.5 Å². The fourth-order valence-electron chi connectivity index (χ4n) is 3.97. The number of fused-ring (bicyclic) bond motifs is 1. The summed E-state index contributed by atoms with van der Waals surface area (Å²) in [7, 11) is 0. The van der Waals surface area contributed by atoms with E-state index in [4.69, 9.17) is 5.73 Å². The van der Waals surface area contributed by atoms with Gasteiger partial charge in [0, 0.05) is 23.6 Å². The van der Waals surface area contributed by atoms with Gasteiger partial charge in [0.2, 0.25) is 5.91 Å². The second kappa shape index (κ2) is 9.60. The zero-order valence-corrected chi connectivity index (χ0v) is 18.5. The van der Waals surface area contributed by atoms with Crippen LogP contribution >= 0.6 is 0 Å². The first-order valence-corrected chi connectivity index (χ1v) is 11.0. The van der Waals surface area contributed by atoms with Crippen molar-refractivity contribution in [1.29, 1.82) is 0 Å². The number of para-hydroxylation sites is 1. The van der Waals surface area contributed by atoms with Gasteiger partial charge in [-0.3, -0.25) is 24.0 Å². The number of anilines is 2. The molecule has 33 heavy (non-hydrogen) atoms. The number of rotatable bonds is 8. The number of aromatic nitrogens is 3. The Bertz CT molecular complexity index is 1380. The molecule has 8 heteroatoms. The summed E-state index contributed by atoms with van der Waals surface area (Å²) < 4.78 is 1.33. The maximum atomic E-state index is 13.6. The summed E-state index contributed by atoms with van der Waals surface area (Å²) in [6.07, 6.45) is 3.45. The van der Waals surface area contributed by atoms with Gasteiger partial charge in [-0.15, -0.1) is 0 Å². The van der Waals surface area contributed by atoms with E-state index in [1.54, 1.807) is 6.20 Å². The topological polar surface area (TPSA) is 117 Å². The molecule has 0 aliphatic heterocycles. The predicted octanol–water partition coefficient (Wildman–Crippen LogP) is 3.18. The molecule has 0 aliphatic rings. The van der Waals surface area contributed by atoms with E-state index in [2.05, 4.69) is 9.97 Å². The SMILES string of the molecule is CCCCn1c(N)c(N(Cc2ccccc2)C(=O)Cc2c[nH]c3ccccc23)c(=O)[nH]c1=O. The predicted molar refractivity (Wildman–Crippen MR) is 130 cm³/mol. The number of nitrogen functional groups attached to an aromatic ring is 1. The smallest absolute Gasteiger partial charge is 0.330 e. The molecule has 4 aromatic rings. The first kappa shape index (κ1) is 22.1. The number of unbranched alkanes of at least 4 members (excludes halogenated alkanes) is 1. The van der Waals surface area contributed by atoms with Gasteiger partial charge in [0.1, 0.15) is 5.82 Å². The molecule has 0 aliphatic carbocycles. The van der Waals surface area contributed by atoms with Crippen molar-refractivity contribution in [2.75, 3.05) is 10.6 Å². The zero-order chi connectivity index (χ0) is 23.4. The van der Waals surface area contributed by atoms with E-state index in [0.29, 0.717) is 6.54 Å². The molecule has 0 saturated heterocycles. The van der Waals surface area contributed by atoms with Gasteiger partial charge in [-0.25, -0.2) is 4.79 Å². The molecule has 2 aromatic heterocycles. The van der Waals surface area contributed by atoms with Crippen LogP contribution < -0.4 is 21.9 Å². The molecule has 2 heterocycles. The number of hydrogen-bond acceptors (Lipinski definition) is 4. The van der Waals surface area contributed by atoms with Gasteiger partial charge in [-0.2, -0.15) is 0 Å². The van der Waals surface area contributed by atoms with E-state index in [1.807, 2.05) is 61.5 Å². The van der Waals surface area contributed by atoms with Crippen LogP contribution in [0.2, 0.25) is 0 Å². The zero-order valence-electron chi connectivity index (χ0n) is 18.5. The number of carbonyl (C=O) groups is 1. The van der Waals surface area contributed by atoms with E-state index >= 15 is 0 Å². The number of amides is 1. The molecular formula is C25H27N5O3. The van der Waals surface area contributed by atoms with Gasteiger partial charge in [-0.1, -0.05) is 61.9 Å². The van der Waals surface area contributed by atoms with Crippen molar-refractivity contribution < 1.29 is 4.79 Å². The summed E-state index contributed by atoms with van der Waals surface area (Å²) in [6.45, 7) is 2.52. The van der Waals surface area contributed by atoms with Crippen molar-refractivity contribution in [3.05, 3.63) is 92.8 Å². The minimum atomic E-state index is -0.673. The molecule has 8 nitrogen and oxygen atoms in total. The van der Waals surface area contributed by atoms with Gasteiger partial charge in [-0.05, 0) is 23.6 Å². The lowest BCUT2D eigenvalue weighted by molar-refractivity contribution is -0.118. The summed E-state index contributed by atoms with van der Waals surface area (Å²) in [5.41, 5.74) is 7.68. The van der Waals surface area contributed by atoms with Crippen molar-refractivity contribution in [2.45, 2.75) is 39.3 Å². The first-order valence-electron chi connectivity index (χ1n) is 11.0. The van der Waals surface area contributed by atoms with Crippen molar-refractivity contribution in [3.8, 4) is 0 Å². The lowest BCUT2D eigenvalue weighted by Gasteiger charge is -2.25. The van der Waals surface area contributed by atoms with E-state index in [1.165, 1.54) is 9.47 Å². The number of nitrogens with one attached hydrogen (secondary N) is 2. The summed E-state index contributed by atoms with van der Waals surface area (Å²) in [5, 5.41) is 0.945. The molecular weight excluding hydrogens is 418 g/mol. The van der Waals surface area contributed by atoms with Gasteiger partial charge >= 0.3 is 5.69 Å². The Kier molecular flexibility index (Phi) is 6.44. The van der Waals surface area contributed by atoms with Crippen LogP contribution in [0.3, 0.4) is 0 Å². The number of aromatic amines is 2. The van der Waals surface area contributed by atoms with Crippen LogP contribution in [0, 0.1) is 0 Å². The molecule has 0 bridgehead atoms. The van der Waals surface area contributed by atoms with Crippen molar-refractivity contribution in [1.82, 2.24) is 14.5 Å². The Morgan fingerprint density at radius 1 is 1.06 bits per heavy atom. The summed E-state index contributed by atoms with van der Waals surface area (Å²) in [5.74, 6) is -0.290. The molecule has 2 aromatic carbocycles. The molecule has 0 fully saturated rings. The number of carbonyl (C=O) groups excluding carboxylic acids is 1. The average molecular weight is 446 g/mol. The lowest BCUT2D eigenvalue weighted by Crippen LogP contribution is -2.41. The van der Waals surface area contributed by atoms with Crippen LogP contribution in [0.1, 0.15) is 30.9 Å². The highest BCUT2D eigenvalue weighted by Gasteiger charge is 2.25. The molecule has 4 N–H and O–H groups in total. The second-order valence-corrected chi connectivity index (χ2v) is 8.00. The highest BCUT2D eigenvalue weighted by molar-refractivity contribution is 5.99. The van der Waals surface area contributed by atoms with Crippen LogP contribution in [0.15, 0.2) is 70.4 Å². The number of hydrogen-bond donors (Lipinski definition) is 3. The Labute approximate surface area is 190 Å². The molecule has 0 saturated carbocycles. The third-order valence-electron chi connectivity index (χ3n) is 5.72. The summed E-state index contributed by atoms with van der Waals surface area (Å²) in [6, 6.07) is 17.1. The van der Waals surface area contributed by atoms with Crippen molar-refractivity contribution in [2.24, 2.45) is 0 Å². The van der Waals surface area contributed by atoms with E-state index in [0.717, 1.165) is 34.9 Å². The molecule has 1 amide bonds. The molecule has 4 rings (SSSR count). The third-order valence-corrected chi connectivity index (χ3v) is 5.72. The average Bonchev–Trinajstić information content (AvgIpc) is 3.21. The Morgan fingerprint density at radius 2 is 1.79 bits per heavy atom. The summed E-state index contributed by atoms with van der Waals surface area (Å²) in [4.78, 5) is 45.8. The van der Waals surface area contributed by atoms with Crippen LogP contribution in [0.5, 0.6) is 0 Å². The van der Waals surface area contributed by atoms with E-state index in [-0.39, 0.29) is 30.4 Å². The molecule has 170 valence electrons. The van der Waals surface area contributed by atoms with Crippen molar-refractivity contribution in [3.63, 3.8) is 0 Å². The number of nitrogens with two attached hydrogens (primary N) is 1. The monoisotopic (exact) mass is 445 g/mol. The van der Waals surface area contributed by atoms with Gasteiger partial charge < -0.3 is 10.7 Å². The largest absolute Gasteiger partial charge is 0.383 e. The quantitative estimate of drug-likeness (QED) is 0.386. The normalized spacial score (nSPS) is 11.1. The van der Waals surface area contributed by atoms with Crippen LogP contribution in [0.25, 0.3) is 10.9 Å². The molecule has 0 unspecified atom stereocenters. The van der Waals surface area contributed by atoms with Crippen LogP contribution in [-0.4, -0.2) is 20.4 Å². The molecule has 0 radical (unpaired) electrons. The highest BCUT2D eigenvalue weighted by Crippen LogP contribution is 2.23. The van der Waals surface area contributed by atoms with Gasteiger partial charge in [0.25, 0.3) is 5.56 Å². The van der Waals surface area contributed by atoms with Gasteiger partial charge in [0.15, 0.2) is 5.69 Å². The second-order valence-electron chi connectivity index (χ2n) is 8.00. The summed E-state index contributed by atoms with van der Waals surface area (Å²) >= 11 is 0. The fraction of sp³-hybridized carbons (Fsp3) is 0.240. The number of nitrogens with zero attached hydrogens (tertiary/aromatic N) is 2. The minimum Gasteiger partial charge on any atom is -0.383 e. The number of benzene rings is 2. The fourth-order valence-corrected chi connectivity index (χ4v) is 3.97. The Morgan fingerprint density at radius 3 is 2.55 bits per heavy atom. The minimum absolute atomic E-state index is 0.000378. The maximum absolute atomic E-state index is 13.6.